The minimum absolute atomic E-state index is 0.201. The van der Waals surface area contributed by atoms with E-state index in [4.69, 9.17) is 0 Å². The fourth-order valence-electron chi connectivity index (χ4n) is 2.56. The van der Waals surface area contributed by atoms with Gasteiger partial charge in [-0.25, -0.2) is 8.42 Å². The Labute approximate surface area is 142 Å². The van der Waals surface area contributed by atoms with Crippen molar-refractivity contribution in [2.75, 3.05) is 6.54 Å². The second kappa shape index (κ2) is 7.32. The van der Waals surface area contributed by atoms with Crippen LogP contribution in [0.4, 0.5) is 0 Å². The zero-order valence-corrected chi connectivity index (χ0v) is 16.6. The maximum absolute atomic E-state index is 12.5. The minimum atomic E-state index is -3.28. The molecule has 0 aliphatic carbocycles. The van der Waals surface area contributed by atoms with Crippen LogP contribution in [0.15, 0.2) is 41.3 Å². The highest BCUT2D eigenvalue weighted by Crippen LogP contribution is 2.31. The lowest BCUT2D eigenvalue weighted by Crippen LogP contribution is -2.17. The molecule has 0 bridgehead atoms. The van der Waals surface area contributed by atoms with Crippen LogP contribution in [0.3, 0.4) is 0 Å². The van der Waals surface area contributed by atoms with Gasteiger partial charge in [0.05, 0.1) is 4.90 Å². The third-order valence-electron chi connectivity index (χ3n) is 4.10. The molecule has 0 N–H and O–H groups in total. The first-order valence-electron chi connectivity index (χ1n) is 8.44. The zero-order chi connectivity index (χ0) is 17.1. The molecule has 0 spiro atoms. The lowest BCUT2D eigenvalue weighted by Gasteiger charge is -2.11. The molecule has 1 aliphatic rings. The average molecular weight is 352 g/mol. The van der Waals surface area contributed by atoms with Crippen molar-refractivity contribution in [1.82, 2.24) is 4.31 Å². The predicted molar refractivity (Wildman–Crippen MR) is 100 cm³/mol. The third-order valence-corrected chi connectivity index (χ3v) is 7.49. The Hall–Kier alpha value is -0.913. The molecule has 1 aromatic rings. The summed E-state index contributed by atoms with van der Waals surface area (Å²) in [6, 6.07) is 8.55. The van der Waals surface area contributed by atoms with Gasteiger partial charge in [0.15, 0.2) is 0 Å². The summed E-state index contributed by atoms with van der Waals surface area (Å²) < 4.78 is 26.6. The monoisotopic (exact) mass is 351 g/mol. The Bertz CT molecular complexity index is 645. The van der Waals surface area contributed by atoms with Crippen molar-refractivity contribution in [2.24, 2.45) is 0 Å². The van der Waals surface area contributed by atoms with Crippen LogP contribution in [-0.4, -0.2) is 33.4 Å². The molecule has 1 unspecified atom stereocenters. The molecule has 2 rings (SSSR count). The van der Waals surface area contributed by atoms with Gasteiger partial charge in [-0.15, -0.1) is 0 Å². The summed E-state index contributed by atoms with van der Waals surface area (Å²) in [5, 5.41) is 0. The summed E-state index contributed by atoms with van der Waals surface area (Å²) in [5.41, 5.74) is 1.08. The number of benzene rings is 1. The molecule has 1 fully saturated rings. The van der Waals surface area contributed by atoms with E-state index in [2.05, 4.69) is 31.8 Å². The van der Waals surface area contributed by atoms with E-state index in [1.165, 1.54) is 6.04 Å². The molecule has 0 amide bonds. The number of nitrogens with zero attached hydrogens (tertiary/aromatic N) is 1. The summed E-state index contributed by atoms with van der Waals surface area (Å²) in [7, 11) is -4.26. The van der Waals surface area contributed by atoms with Crippen LogP contribution in [0, 0.1) is 6.92 Å². The summed E-state index contributed by atoms with van der Waals surface area (Å²) in [4.78, 5) is 0.417. The van der Waals surface area contributed by atoms with Crippen molar-refractivity contribution in [2.45, 2.75) is 62.8 Å². The van der Waals surface area contributed by atoms with Crippen LogP contribution < -0.4 is 0 Å². The van der Waals surface area contributed by atoms with Crippen LogP contribution in [0.25, 0.3) is 0 Å². The van der Waals surface area contributed by atoms with E-state index < -0.39 is 18.1 Å². The number of rotatable bonds is 8. The van der Waals surface area contributed by atoms with Crippen LogP contribution in [0.1, 0.15) is 24.8 Å². The summed E-state index contributed by atoms with van der Waals surface area (Å²) in [5.74, 6) is 0. The molecule has 3 nitrogen and oxygen atoms in total. The average Bonchev–Trinajstić information content (AvgIpc) is 3.22. The number of sulfonamides is 1. The smallest absolute Gasteiger partial charge is 0.207 e. The van der Waals surface area contributed by atoms with Gasteiger partial charge in [-0.2, -0.15) is 4.31 Å². The summed E-state index contributed by atoms with van der Waals surface area (Å²) in [6.45, 7) is 9.75. The molecule has 0 aromatic heterocycles. The maximum atomic E-state index is 12.5. The second-order valence-corrected chi connectivity index (χ2v) is 15.1. The summed E-state index contributed by atoms with van der Waals surface area (Å²) >= 11 is 0. The minimum Gasteiger partial charge on any atom is -0.207 e. The molecular formula is C18H29NO2SSi. The number of hydrogen-bond donors (Lipinski definition) is 0. The van der Waals surface area contributed by atoms with Crippen molar-refractivity contribution < 1.29 is 8.42 Å². The van der Waals surface area contributed by atoms with Crippen LogP contribution in [0.5, 0.6) is 0 Å². The highest BCUT2D eigenvalue weighted by atomic mass is 32.2. The van der Waals surface area contributed by atoms with Gasteiger partial charge in [-0.1, -0.05) is 49.5 Å². The first-order valence-corrected chi connectivity index (χ1v) is 13.6. The van der Waals surface area contributed by atoms with Crippen molar-refractivity contribution >= 4 is 18.1 Å². The molecule has 2 atom stereocenters. The molecule has 1 heterocycles. The highest BCUT2D eigenvalue weighted by Gasteiger charge is 2.43. The molecule has 0 radical (unpaired) electrons. The van der Waals surface area contributed by atoms with Gasteiger partial charge in [-0.05, 0) is 44.4 Å². The van der Waals surface area contributed by atoms with Gasteiger partial charge in [0, 0.05) is 20.7 Å². The fraction of sp³-hybridized carbons (Fsp3) is 0.556. The van der Waals surface area contributed by atoms with Gasteiger partial charge >= 0.3 is 0 Å². The SMILES string of the molecule is Cc1ccc(S(=O)(=O)N2C[C@H]2CCC/C=C/C[Si](C)(C)C)cc1. The molecule has 5 heteroatoms. The standard InChI is InChI=1S/C18H29NO2SSi/c1-16-10-12-18(13-11-16)22(20,21)19-15-17(19)9-7-5-6-8-14-23(2,3)4/h6,8,10-13,17H,5,7,9,14-15H2,1-4H3/b8-6+/t17-,19?/m1/s1. The van der Waals surface area contributed by atoms with Crippen molar-refractivity contribution in [3.63, 3.8) is 0 Å². The maximum Gasteiger partial charge on any atom is 0.243 e. The van der Waals surface area contributed by atoms with Crippen LogP contribution in [-0.2, 0) is 10.0 Å². The Kier molecular flexibility index (Phi) is 5.87. The third kappa shape index (κ3) is 5.59. The number of aryl methyl sites for hydroxylation is 1. The first-order chi connectivity index (χ1) is 10.7. The quantitative estimate of drug-likeness (QED) is 0.301. The molecule has 1 aromatic carbocycles. The molecule has 128 valence electrons. The normalized spacial score (nSPS) is 21.7. The van der Waals surface area contributed by atoms with E-state index in [9.17, 15) is 8.42 Å². The van der Waals surface area contributed by atoms with Crippen molar-refractivity contribution in [1.29, 1.82) is 0 Å². The van der Waals surface area contributed by atoms with Gasteiger partial charge in [0.1, 0.15) is 0 Å². The van der Waals surface area contributed by atoms with E-state index in [-0.39, 0.29) is 6.04 Å². The van der Waals surface area contributed by atoms with Gasteiger partial charge in [0.25, 0.3) is 0 Å². The second-order valence-electron chi connectivity index (χ2n) is 7.71. The largest absolute Gasteiger partial charge is 0.243 e. The lowest BCUT2D eigenvalue weighted by molar-refractivity contribution is 0.544. The topological polar surface area (TPSA) is 37.1 Å². The van der Waals surface area contributed by atoms with Gasteiger partial charge in [0.2, 0.25) is 10.0 Å². The van der Waals surface area contributed by atoms with E-state index in [1.807, 2.05) is 19.1 Å². The molecule has 0 saturated carbocycles. The van der Waals surface area contributed by atoms with Crippen molar-refractivity contribution in [3.05, 3.63) is 42.0 Å². The zero-order valence-electron chi connectivity index (χ0n) is 14.7. The number of allylic oxidation sites excluding steroid dienone is 2. The fourth-order valence-corrected chi connectivity index (χ4v) is 5.05. The lowest BCUT2D eigenvalue weighted by atomic mass is 10.2. The first kappa shape index (κ1) is 18.4. The molecule has 1 aliphatic heterocycles. The highest BCUT2D eigenvalue weighted by molar-refractivity contribution is 7.89. The molecular weight excluding hydrogens is 322 g/mol. The number of unbranched alkanes of at least 4 members (excludes halogenated alkanes) is 1. The van der Waals surface area contributed by atoms with E-state index in [1.54, 1.807) is 16.4 Å². The molecule has 1 saturated heterocycles. The number of hydrogen-bond acceptors (Lipinski definition) is 2. The van der Waals surface area contributed by atoms with E-state index in [0.29, 0.717) is 11.4 Å². The van der Waals surface area contributed by atoms with E-state index >= 15 is 0 Å². The molecule has 23 heavy (non-hydrogen) atoms. The Morgan fingerprint density at radius 2 is 1.83 bits per heavy atom. The van der Waals surface area contributed by atoms with Gasteiger partial charge in [-0.3, -0.25) is 0 Å². The van der Waals surface area contributed by atoms with Crippen molar-refractivity contribution in [3.8, 4) is 0 Å². The predicted octanol–water partition coefficient (Wildman–Crippen LogP) is 4.43. The Balaban J connectivity index is 1.76. The Morgan fingerprint density at radius 3 is 2.43 bits per heavy atom. The summed E-state index contributed by atoms with van der Waals surface area (Å²) in [6.07, 6.45) is 7.65. The van der Waals surface area contributed by atoms with Crippen LogP contribution >= 0.6 is 0 Å². The van der Waals surface area contributed by atoms with E-state index in [0.717, 1.165) is 24.8 Å². The van der Waals surface area contributed by atoms with Crippen LogP contribution in [0.2, 0.25) is 25.7 Å². The Morgan fingerprint density at radius 1 is 1.17 bits per heavy atom. The van der Waals surface area contributed by atoms with Gasteiger partial charge < -0.3 is 0 Å².